The summed E-state index contributed by atoms with van der Waals surface area (Å²) >= 11 is 1.66. The molecule has 0 N–H and O–H groups in total. The highest BCUT2D eigenvalue weighted by molar-refractivity contribution is 7.10. The van der Waals surface area contributed by atoms with Gasteiger partial charge in [0.2, 0.25) is 5.91 Å². The van der Waals surface area contributed by atoms with E-state index < -0.39 is 0 Å². The molecule has 0 bridgehead atoms. The van der Waals surface area contributed by atoms with Gasteiger partial charge in [-0.1, -0.05) is 6.07 Å². The Morgan fingerprint density at radius 1 is 1.30 bits per heavy atom. The zero-order chi connectivity index (χ0) is 15.6. The Kier molecular flexibility index (Phi) is 4.18. The normalized spacial score (nSPS) is 21.6. The van der Waals surface area contributed by atoms with Crippen LogP contribution >= 0.6 is 11.3 Å². The van der Waals surface area contributed by atoms with Crippen molar-refractivity contribution in [3.05, 3.63) is 40.3 Å². The molecule has 1 unspecified atom stereocenters. The van der Waals surface area contributed by atoms with Crippen LogP contribution < -0.4 is 0 Å². The van der Waals surface area contributed by atoms with E-state index in [2.05, 4.69) is 14.7 Å². The van der Waals surface area contributed by atoms with Crippen LogP contribution in [0, 0.1) is 0 Å². The number of amides is 1. The van der Waals surface area contributed by atoms with Crippen LogP contribution in [0.15, 0.2) is 29.8 Å². The molecule has 0 spiro atoms. The fourth-order valence-electron chi connectivity index (χ4n) is 3.65. The lowest BCUT2D eigenvalue weighted by atomic mass is 10.1. The molecule has 1 saturated heterocycles. The Morgan fingerprint density at radius 2 is 2.17 bits per heavy atom. The Labute approximate surface area is 140 Å². The number of thiophene rings is 1. The van der Waals surface area contributed by atoms with Gasteiger partial charge in [-0.3, -0.25) is 9.48 Å². The molecule has 4 heterocycles. The quantitative estimate of drug-likeness (QED) is 0.863. The first kappa shape index (κ1) is 14.9. The third-order valence-corrected chi connectivity index (χ3v) is 5.68. The van der Waals surface area contributed by atoms with Crippen LogP contribution in [-0.4, -0.2) is 51.7 Å². The zero-order valence-corrected chi connectivity index (χ0v) is 14.0. The summed E-state index contributed by atoms with van der Waals surface area (Å²) in [5.74, 6) is 0.228. The van der Waals surface area contributed by atoms with E-state index in [0.717, 1.165) is 23.7 Å². The van der Waals surface area contributed by atoms with Gasteiger partial charge in [0.15, 0.2) is 0 Å². The summed E-state index contributed by atoms with van der Waals surface area (Å²) in [6.45, 7) is 4.81. The van der Waals surface area contributed by atoms with Gasteiger partial charge in [-0.05, 0) is 43.4 Å². The van der Waals surface area contributed by atoms with E-state index in [9.17, 15) is 4.79 Å². The number of fused-ring (bicyclic) bond motifs is 1. The molecule has 0 saturated carbocycles. The first-order valence-corrected chi connectivity index (χ1v) is 9.22. The molecule has 2 aliphatic rings. The van der Waals surface area contributed by atoms with Crippen molar-refractivity contribution >= 4 is 17.2 Å². The molecule has 4 rings (SSSR count). The minimum Gasteiger partial charge on any atom is -0.334 e. The Bertz CT molecular complexity index is 660. The minimum absolute atomic E-state index is 0.228. The number of hydrogen-bond acceptors (Lipinski definition) is 4. The molecule has 0 radical (unpaired) electrons. The molecule has 1 fully saturated rings. The van der Waals surface area contributed by atoms with Gasteiger partial charge in [-0.2, -0.15) is 5.10 Å². The summed E-state index contributed by atoms with van der Waals surface area (Å²) < 4.78 is 2.13. The molecular weight excluding hydrogens is 308 g/mol. The molecule has 5 nitrogen and oxygen atoms in total. The summed E-state index contributed by atoms with van der Waals surface area (Å²) in [5.41, 5.74) is 1.15. The first-order chi connectivity index (χ1) is 11.3. The Hall–Kier alpha value is -1.66. The largest absolute Gasteiger partial charge is 0.334 e. The average Bonchev–Trinajstić information content (AvgIpc) is 3.29. The van der Waals surface area contributed by atoms with Crippen molar-refractivity contribution < 1.29 is 4.79 Å². The predicted molar refractivity (Wildman–Crippen MR) is 90.4 cm³/mol. The van der Waals surface area contributed by atoms with Gasteiger partial charge in [-0.25, -0.2) is 0 Å². The van der Waals surface area contributed by atoms with Crippen molar-refractivity contribution in [2.24, 2.45) is 0 Å². The lowest BCUT2D eigenvalue weighted by Crippen LogP contribution is -2.45. The lowest BCUT2D eigenvalue weighted by Gasteiger charge is -2.35. The van der Waals surface area contributed by atoms with E-state index in [4.69, 9.17) is 0 Å². The highest BCUT2D eigenvalue weighted by Gasteiger charge is 2.30. The Morgan fingerprint density at radius 3 is 2.96 bits per heavy atom. The van der Waals surface area contributed by atoms with Crippen LogP contribution in [0.25, 0.3) is 0 Å². The van der Waals surface area contributed by atoms with Gasteiger partial charge in [0.25, 0.3) is 0 Å². The van der Waals surface area contributed by atoms with Gasteiger partial charge < -0.3 is 9.80 Å². The molecule has 2 aliphatic heterocycles. The smallest absolute Gasteiger partial charge is 0.228 e. The second kappa shape index (κ2) is 6.45. The van der Waals surface area contributed by atoms with Crippen LogP contribution in [0.4, 0.5) is 0 Å². The first-order valence-electron chi connectivity index (χ1n) is 8.34. The number of hydrogen-bond donors (Lipinski definition) is 0. The topological polar surface area (TPSA) is 41.4 Å². The van der Waals surface area contributed by atoms with Crippen molar-refractivity contribution in [2.75, 3.05) is 26.2 Å². The maximum Gasteiger partial charge on any atom is 0.228 e. The highest BCUT2D eigenvalue weighted by atomic mass is 32.1. The number of likely N-dealkylation sites (tertiary alicyclic amines) is 1. The van der Waals surface area contributed by atoms with Crippen molar-refractivity contribution in [1.29, 1.82) is 0 Å². The van der Waals surface area contributed by atoms with E-state index in [0.29, 0.717) is 13.0 Å². The van der Waals surface area contributed by atoms with E-state index in [1.807, 2.05) is 34.7 Å². The van der Waals surface area contributed by atoms with Crippen LogP contribution in [0.3, 0.4) is 0 Å². The molecule has 2 aromatic rings. The lowest BCUT2D eigenvalue weighted by molar-refractivity contribution is -0.132. The van der Waals surface area contributed by atoms with Gasteiger partial charge in [0.1, 0.15) is 0 Å². The molecule has 0 aliphatic carbocycles. The standard InChI is InChI=1S/C17H22N4OS/c22-17(10-16-4-3-9-23-16)20-12-14-5-6-18-21(14)15(13-20)11-19-7-1-2-8-19/h3-6,9,15H,1-2,7-8,10-13H2. The average molecular weight is 330 g/mol. The van der Waals surface area contributed by atoms with Gasteiger partial charge in [0, 0.05) is 24.2 Å². The van der Waals surface area contributed by atoms with Crippen LogP contribution in [0.1, 0.15) is 29.5 Å². The molecular formula is C17H22N4OS. The van der Waals surface area contributed by atoms with Crippen molar-refractivity contribution in [3.63, 3.8) is 0 Å². The number of rotatable bonds is 4. The summed E-state index contributed by atoms with van der Waals surface area (Å²) in [6.07, 6.45) is 4.96. The van der Waals surface area contributed by atoms with Crippen LogP contribution in [0.2, 0.25) is 0 Å². The third-order valence-electron chi connectivity index (χ3n) is 4.81. The third kappa shape index (κ3) is 3.19. The molecule has 1 amide bonds. The fraction of sp³-hybridized carbons (Fsp3) is 0.529. The predicted octanol–water partition coefficient (Wildman–Crippen LogP) is 2.17. The number of nitrogens with zero attached hydrogens (tertiary/aromatic N) is 4. The second-order valence-corrected chi connectivity index (χ2v) is 7.49. The SMILES string of the molecule is O=C(Cc1cccs1)N1Cc2ccnn2C(CN2CCCC2)C1. The maximum absolute atomic E-state index is 12.7. The summed E-state index contributed by atoms with van der Waals surface area (Å²) in [5, 5.41) is 6.54. The number of carbonyl (C=O) groups excluding carboxylic acids is 1. The Balaban J connectivity index is 1.48. The van der Waals surface area contributed by atoms with Gasteiger partial charge in [-0.15, -0.1) is 11.3 Å². The van der Waals surface area contributed by atoms with Crippen LogP contribution in [0.5, 0.6) is 0 Å². The van der Waals surface area contributed by atoms with E-state index in [1.165, 1.54) is 25.9 Å². The minimum atomic E-state index is 0.228. The summed E-state index contributed by atoms with van der Waals surface area (Å²) in [4.78, 5) is 18.3. The van der Waals surface area contributed by atoms with Gasteiger partial charge >= 0.3 is 0 Å². The molecule has 6 heteroatoms. The monoisotopic (exact) mass is 330 g/mol. The molecule has 2 aromatic heterocycles. The highest BCUT2D eigenvalue weighted by Crippen LogP contribution is 2.24. The molecule has 122 valence electrons. The molecule has 0 aromatic carbocycles. The summed E-state index contributed by atoms with van der Waals surface area (Å²) in [6, 6.07) is 6.37. The van der Waals surface area contributed by atoms with Crippen LogP contribution in [-0.2, 0) is 17.8 Å². The molecule has 1 atom stereocenters. The number of carbonyl (C=O) groups is 1. The second-order valence-electron chi connectivity index (χ2n) is 6.46. The van der Waals surface area contributed by atoms with E-state index in [1.54, 1.807) is 11.3 Å². The summed E-state index contributed by atoms with van der Waals surface area (Å²) in [7, 11) is 0. The van der Waals surface area contributed by atoms with Crippen molar-refractivity contribution in [1.82, 2.24) is 19.6 Å². The van der Waals surface area contributed by atoms with Crippen molar-refractivity contribution in [3.8, 4) is 0 Å². The molecule has 23 heavy (non-hydrogen) atoms. The number of aromatic nitrogens is 2. The van der Waals surface area contributed by atoms with E-state index >= 15 is 0 Å². The zero-order valence-electron chi connectivity index (χ0n) is 13.2. The fourth-order valence-corrected chi connectivity index (χ4v) is 4.35. The van der Waals surface area contributed by atoms with Crippen molar-refractivity contribution in [2.45, 2.75) is 31.8 Å². The van der Waals surface area contributed by atoms with E-state index in [-0.39, 0.29) is 11.9 Å². The van der Waals surface area contributed by atoms with Gasteiger partial charge in [0.05, 0.1) is 24.7 Å². The maximum atomic E-state index is 12.7.